The van der Waals surface area contributed by atoms with Gasteiger partial charge in [-0.25, -0.2) is 4.98 Å². The largest absolute Gasteiger partial charge is 0.509 e. The van der Waals surface area contributed by atoms with Gasteiger partial charge in [-0.3, -0.25) is 0 Å². The maximum atomic E-state index is 8.86. The Balaban J connectivity index is 0.00000589. The first-order valence-electron chi connectivity index (χ1n) is 27.6. The SMILES string of the molecule is [2H]C([2H])([2H])c1cccc2c1N(c1c(-c3ccccc3)cccc1-c1ccccc1)[CH-]N2c1[c-]c(Oc2[c-]c3c(cc2)c2c4c(ccc2n3-c2cc(C(C)(C)C)ccn2)-n2c3ccccc3c3cccc(c32)-c2ccccc2-4)ccc1.[Pt]. The molecule has 6 nitrogen and oxygen atoms in total. The van der Waals surface area contributed by atoms with E-state index in [1.54, 1.807) is 6.07 Å². The Morgan fingerprint density at radius 1 is 0.513 bits per heavy atom. The minimum absolute atomic E-state index is 0. The summed E-state index contributed by atoms with van der Waals surface area (Å²) in [6, 6.07) is 82.6. The zero-order chi connectivity index (χ0) is 54.0. The van der Waals surface area contributed by atoms with Crippen molar-refractivity contribution in [3.8, 4) is 67.5 Å². The second-order valence-electron chi connectivity index (χ2n) is 21.0. The third-order valence-electron chi connectivity index (χ3n) is 15.5. The Bertz CT molecular complexity index is 4600. The van der Waals surface area contributed by atoms with E-state index in [1.165, 1.54) is 27.4 Å². The summed E-state index contributed by atoms with van der Waals surface area (Å²) in [5, 5.41) is 4.54. The molecule has 15 rings (SSSR count). The average Bonchev–Trinajstić information content (AvgIpc) is 4.24. The van der Waals surface area contributed by atoms with Crippen molar-refractivity contribution in [2.45, 2.75) is 33.0 Å². The fraction of sp³-hybridized carbons (Fsp3) is 0.0704. The van der Waals surface area contributed by atoms with Crippen molar-refractivity contribution in [3.05, 3.63) is 255 Å². The van der Waals surface area contributed by atoms with Gasteiger partial charge in [-0.05, 0) is 87.4 Å². The molecule has 0 saturated heterocycles. The molecular weight excluding hydrogens is 1130 g/mol. The quantitative estimate of drug-likeness (QED) is 0.149. The summed E-state index contributed by atoms with van der Waals surface area (Å²) in [6.45, 7) is 6.25. The van der Waals surface area contributed by atoms with Gasteiger partial charge in [0.1, 0.15) is 5.82 Å². The summed E-state index contributed by atoms with van der Waals surface area (Å²) in [7, 11) is 0. The molecule has 0 atom stereocenters. The summed E-state index contributed by atoms with van der Waals surface area (Å²) >= 11 is 0. The van der Waals surface area contributed by atoms with Gasteiger partial charge in [0.15, 0.2) is 0 Å². The topological polar surface area (TPSA) is 38.5 Å². The number of para-hydroxylation sites is 4. The van der Waals surface area contributed by atoms with Crippen molar-refractivity contribution >= 4 is 66.4 Å². The van der Waals surface area contributed by atoms with E-state index in [0.717, 1.165) is 83.5 Å². The van der Waals surface area contributed by atoms with Crippen molar-refractivity contribution < 1.29 is 29.9 Å². The number of anilines is 4. The molecule has 10 aromatic carbocycles. The van der Waals surface area contributed by atoms with Crippen LogP contribution in [0.2, 0.25) is 0 Å². The number of hydrogen-bond acceptors (Lipinski definition) is 4. The van der Waals surface area contributed by atoms with Crippen LogP contribution in [0.5, 0.6) is 11.5 Å². The number of aryl methyl sites for hydroxylation is 1. The molecule has 13 aromatic rings. The van der Waals surface area contributed by atoms with E-state index < -0.39 is 6.85 Å². The first-order chi connectivity index (χ1) is 39.0. The molecule has 0 bridgehead atoms. The number of benzene rings is 10. The van der Waals surface area contributed by atoms with Crippen LogP contribution >= 0.6 is 0 Å². The molecule has 0 radical (unpaired) electrons. The summed E-state index contributed by atoms with van der Waals surface area (Å²) < 4.78 is 38.2. The van der Waals surface area contributed by atoms with Gasteiger partial charge in [0.25, 0.3) is 0 Å². The Labute approximate surface area is 472 Å². The van der Waals surface area contributed by atoms with Crippen LogP contribution < -0.4 is 14.5 Å². The molecule has 2 aliphatic heterocycles. The van der Waals surface area contributed by atoms with E-state index in [4.69, 9.17) is 13.8 Å². The van der Waals surface area contributed by atoms with E-state index >= 15 is 0 Å². The molecule has 0 saturated carbocycles. The molecule has 0 fully saturated rings. The van der Waals surface area contributed by atoms with Crippen molar-refractivity contribution in [2.24, 2.45) is 0 Å². The standard InChI is InChI=1S/C71H50N5O.Pt/c1-45-19-15-34-63-68(45)74(69-52(46-20-7-5-8-21-46)29-17-30-53(69)47-22-9-6-10-23-47)44-73(63)49-24-16-25-50(42-49)77-51-35-36-59-64(43-51)75(65-41-48(39-40-72-65)71(2,3)4)61-37-38-62-66(67(59)61)56-28-12-11-26-54(56)57-31-18-32-58-55-27-13-14-33-60(55)76(62)70(57)58;/h5-41,44H,1-4H3;/q-3;/i1D3;. The van der Waals surface area contributed by atoms with Crippen molar-refractivity contribution in [3.63, 3.8) is 0 Å². The minimum Gasteiger partial charge on any atom is -0.509 e. The Morgan fingerprint density at radius 2 is 1.18 bits per heavy atom. The molecule has 0 N–H and O–H groups in total. The van der Waals surface area contributed by atoms with Crippen LogP contribution in [-0.4, -0.2) is 14.1 Å². The minimum atomic E-state index is -2.42. The van der Waals surface area contributed by atoms with Crippen LogP contribution in [-0.2, 0) is 26.5 Å². The first kappa shape index (κ1) is 44.2. The van der Waals surface area contributed by atoms with E-state index in [2.05, 4.69) is 182 Å². The zero-order valence-electron chi connectivity index (χ0n) is 45.9. The van der Waals surface area contributed by atoms with Crippen molar-refractivity contribution in [1.82, 2.24) is 14.1 Å². The normalized spacial score (nSPS) is 13.4. The predicted octanol–water partition coefficient (Wildman–Crippen LogP) is 18.7. The fourth-order valence-electron chi connectivity index (χ4n) is 12.0. The second-order valence-corrected chi connectivity index (χ2v) is 21.0. The molecule has 0 aliphatic carbocycles. The zero-order valence-corrected chi connectivity index (χ0v) is 45.2. The molecule has 378 valence electrons. The predicted molar refractivity (Wildman–Crippen MR) is 317 cm³/mol. The maximum absolute atomic E-state index is 8.86. The maximum Gasteiger partial charge on any atom is 0.135 e. The van der Waals surface area contributed by atoms with Crippen LogP contribution in [0.25, 0.3) is 99.6 Å². The Morgan fingerprint density at radius 3 is 1.96 bits per heavy atom. The molecule has 2 aliphatic rings. The van der Waals surface area contributed by atoms with Crippen LogP contribution in [0.3, 0.4) is 0 Å². The van der Waals surface area contributed by atoms with Crippen molar-refractivity contribution in [2.75, 3.05) is 9.80 Å². The molecule has 3 aromatic heterocycles. The molecule has 0 spiro atoms. The van der Waals surface area contributed by atoms with Gasteiger partial charge < -0.3 is 23.7 Å². The number of nitrogens with zero attached hydrogens (tertiary/aromatic N) is 5. The van der Waals surface area contributed by atoms with Crippen LogP contribution in [0.1, 0.15) is 36.0 Å². The van der Waals surface area contributed by atoms with Crippen LogP contribution in [0, 0.1) is 25.7 Å². The first-order valence-corrected chi connectivity index (χ1v) is 26.1. The average molecular weight is 1190 g/mol. The van der Waals surface area contributed by atoms with Gasteiger partial charge >= 0.3 is 0 Å². The van der Waals surface area contributed by atoms with Gasteiger partial charge in [0.05, 0.1) is 16.7 Å². The number of hydrogen-bond donors (Lipinski definition) is 0. The summed E-state index contributed by atoms with van der Waals surface area (Å²) in [5.74, 6) is 1.75. The molecule has 5 heterocycles. The second kappa shape index (κ2) is 18.4. The number of ether oxygens (including phenoxy) is 1. The Hall–Kier alpha value is -8.96. The fourth-order valence-corrected chi connectivity index (χ4v) is 12.0. The van der Waals surface area contributed by atoms with E-state index in [9.17, 15) is 0 Å². The van der Waals surface area contributed by atoms with Gasteiger partial charge in [0.2, 0.25) is 0 Å². The number of pyridine rings is 1. The summed E-state index contributed by atoms with van der Waals surface area (Å²) in [4.78, 5) is 9.15. The van der Waals surface area contributed by atoms with E-state index in [0.29, 0.717) is 28.6 Å². The van der Waals surface area contributed by atoms with Gasteiger partial charge in [-0.15, -0.1) is 48.1 Å². The summed E-state index contributed by atoms with van der Waals surface area (Å²) in [6.07, 6.45) is 1.91. The monoisotopic (exact) mass is 1190 g/mol. The molecule has 7 heteroatoms. The molecule has 0 amide bonds. The summed E-state index contributed by atoms with van der Waals surface area (Å²) in [5.41, 5.74) is 17.9. The Kier molecular flexibility index (Phi) is 10.4. The van der Waals surface area contributed by atoms with Crippen LogP contribution in [0.4, 0.5) is 22.7 Å². The smallest absolute Gasteiger partial charge is 0.135 e. The van der Waals surface area contributed by atoms with Gasteiger partial charge in [-0.2, -0.15) is 12.1 Å². The van der Waals surface area contributed by atoms with Crippen LogP contribution in [0.15, 0.2) is 225 Å². The number of fused-ring (bicyclic) bond motifs is 13. The van der Waals surface area contributed by atoms with E-state index in [1.807, 2.05) is 95.5 Å². The van der Waals surface area contributed by atoms with Crippen molar-refractivity contribution in [1.29, 1.82) is 0 Å². The van der Waals surface area contributed by atoms with Gasteiger partial charge in [-0.1, -0.05) is 178 Å². The number of rotatable bonds is 7. The molecular formula is C71H50N5OPt-3. The molecule has 0 unspecified atom stereocenters. The number of aromatic nitrogens is 3. The van der Waals surface area contributed by atoms with Gasteiger partial charge in [0, 0.05) is 98.5 Å². The third kappa shape index (κ3) is 7.38. The third-order valence-corrected chi connectivity index (χ3v) is 15.5. The molecule has 78 heavy (non-hydrogen) atoms. The van der Waals surface area contributed by atoms with E-state index in [-0.39, 0.29) is 32.0 Å².